The number of carbonyl (C=O) groups excluding carboxylic acids is 1. The topological polar surface area (TPSA) is 29.5 Å². The van der Waals surface area contributed by atoms with Crippen molar-refractivity contribution in [3.63, 3.8) is 0 Å². The van der Waals surface area contributed by atoms with Crippen molar-refractivity contribution in [3.05, 3.63) is 63.6 Å². The molecule has 0 atom stereocenters. The summed E-state index contributed by atoms with van der Waals surface area (Å²) in [6, 6.07) is 13.5. The molecule has 0 N–H and O–H groups in total. The second kappa shape index (κ2) is 6.76. The van der Waals surface area contributed by atoms with Crippen molar-refractivity contribution in [2.75, 3.05) is 14.2 Å². The van der Waals surface area contributed by atoms with E-state index in [0.717, 1.165) is 10.0 Å². The van der Waals surface area contributed by atoms with Gasteiger partial charge in [-0.3, -0.25) is 4.79 Å². The third-order valence-electron chi connectivity index (χ3n) is 3.25. The zero-order chi connectivity index (χ0) is 15.4. The molecule has 2 rings (SSSR count). The SMILES string of the molecule is COc1ccc(C(=O)N(C)Cc2cccc(C)c2)cc1Br. The molecule has 0 aromatic heterocycles. The highest BCUT2D eigenvalue weighted by Crippen LogP contribution is 2.26. The fraction of sp³-hybridized carbons (Fsp3) is 0.235. The molecule has 21 heavy (non-hydrogen) atoms. The number of amides is 1. The lowest BCUT2D eigenvalue weighted by Crippen LogP contribution is -2.26. The Labute approximate surface area is 133 Å². The molecule has 0 unspecified atom stereocenters. The molecular weight excluding hydrogens is 330 g/mol. The molecule has 0 bridgehead atoms. The van der Waals surface area contributed by atoms with Gasteiger partial charge in [-0.2, -0.15) is 0 Å². The monoisotopic (exact) mass is 347 g/mol. The summed E-state index contributed by atoms with van der Waals surface area (Å²) in [6.45, 7) is 2.63. The summed E-state index contributed by atoms with van der Waals surface area (Å²) in [5.41, 5.74) is 2.96. The number of rotatable bonds is 4. The van der Waals surface area contributed by atoms with Gasteiger partial charge in [0.05, 0.1) is 11.6 Å². The molecule has 3 nitrogen and oxygen atoms in total. The average molecular weight is 348 g/mol. The van der Waals surface area contributed by atoms with Gasteiger partial charge in [0, 0.05) is 19.2 Å². The fourth-order valence-corrected chi connectivity index (χ4v) is 2.72. The number of hydrogen-bond acceptors (Lipinski definition) is 2. The van der Waals surface area contributed by atoms with Crippen molar-refractivity contribution < 1.29 is 9.53 Å². The van der Waals surface area contributed by atoms with Crippen molar-refractivity contribution in [1.29, 1.82) is 0 Å². The molecule has 0 fully saturated rings. The Kier molecular flexibility index (Phi) is 5.02. The number of nitrogens with zero attached hydrogens (tertiary/aromatic N) is 1. The molecule has 110 valence electrons. The third kappa shape index (κ3) is 3.85. The Morgan fingerprint density at radius 1 is 1.24 bits per heavy atom. The molecule has 1 amide bonds. The van der Waals surface area contributed by atoms with Crippen LogP contribution in [0, 0.1) is 6.92 Å². The zero-order valence-electron chi connectivity index (χ0n) is 12.4. The summed E-state index contributed by atoms with van der Waals surface area (Å²) in [5, 5.41) is 0. The predicted molar refractivity (Wildman–Crippen MR) is 87.7 cm³/mol. The van der Waals surface area contributed by atoms with E-state index in [-0.39, 0.29) is 5.91 Å². The van der Waals surface area contributed by atoms with Crippen LogP contribution in [0.1, 0.15) is 21.5 Å². The van der Waals surface area contributed by atoms with Crippen LogP contribution >= 0.6 is 15.9 Å². The minimum Gasteiger partial charge on any atom is -0.496 e. The van der Waals surface area contributed by atoms with Crippen LogP contribution in [0.5, 0.6) is 5.75 Å². The number of ether oxygens (including phenoxy) is 1. The molecule has 2 aromatic rings. The maximum Gasteiger partial charge on any atom is 0.253 e. The van der Waals surface area contributed by atoms with Gasteiger partial charge in [-0.05, 0) is 46.6 Å². The summed E-state index contributed by atoms with van der Waals surface area (Å²) < 4.78 is 5.95. The Morgan fingerprint density at radius 3 is 2.62 bits per heavy atom. The summed E-state index contributed by atoms with van der Waals surface area (Å²) in [5.74, 6) is 0.702. The van der Waals surface area contributed by atoms with Gasteiger partial charge in [0.2, 0.25) is 0 Å². The van der Waals surface area contributed by atoms with Gasteiger partial charge in [0.1, 0.15) is 5.75 Å². The Balaban J connectivity index is 2.14. The highest BCUT2D eigenvalue weighted by Gasteiger charge is 2.14. The maximum atomic E-state index is 12.5. The molecule has 4 heteroatoms. The molecule has 0 heterocycles. The number of benzene rings is 2. The van der Waals surface area contributed by atoms with Crippen molar-refractivity contribution in [2.24, 2.45) is 0 Å². The number of carbonyl (C=O) groups is 1. The predicted octanol–water partition coefficient (Wildman–Crippen LogP) is 4.04. The van der Waals surface area contributed by atoms with Crippen LogP contribution in [0.4, 0.5) is 0 Å². The average Bonchev–Trinajstić information content (AvgIpc) is 2.46. The van der Waals surface area contributed by atoms with Crippen LogP contribution in [0.2, 0.25) is 0 Å². The van der Waals surface area contributed by atoms with E-state index < -0.39 is 0 Å². The largest absolute Gasteiger partial charge is 0.496 e. The van der Waals surface area contributed by atoms with E-state index in [1.54, 1.807) is 30.2 Å². The van der Waals surface area contributed by atoms with E-state index in [9.17, 15) is 4.79 Å². The smallest absolute Gasteiger partial charge is 0.253 e. The highest BCUT2D eigenvalue weighted by molar-refractivity contribution is 9.10. The van der Waals surface area contributed by atoms with Gasteiger partial charge in [0.25, 0.3) is 5.91 Å². The number of halogens is 1. The number of aryl methyl sites for hydroxylation is 1. The first-order valence-electron chi connectivity index (χ1n) is 6.66. The fourth-order valence-electron chi connectivity index (χ4n) is 2.18. The van der Waals surface area contributed by atoms with Gasteiger partial charge in [-0.25, -0.2) is 0 Å². The lowest BCUT2D eigenvalue weighted by Gasteiger charge is -2.18. The first kappa shape index (κ1) is 15.6. The van der Waals surface area contributed by atoms with E-state index >= 15 is 0 Å². The standard InChI is InChI=1S/C17H18BrNO2/c1-12-5-4-6-13(9-12)11-19(2)17(20)14-7-8-16(21-3)15(18)10-14/h4-10H,11H2,1-3H3. The Bertz CT molecular complexity index is 655. The summed E-state index contributed by atoms with van der Waals surface area (Å²) in [4.78, 5) is 14.2. The summed E-state index contributed by atoms with van der Waals surface area (Å²) in [7, 11) is 3.41. The van der Waals surface area contributed by atoms with Gasteiger partial charge in [-0.1, -0.05) is 29.8 Å². The normalized spacial score (nSPS) is 10.3. The van der Waals surface area contributed by atoms with Crippen molar-refractivity contribution in [2.45, 2.75) is 13.5 Å². The van der Waals surface area contributed by atoms with E-state index in [0.29, 0.717) is 17.9 Å². The maximum absolute atomic E-state index is 12.5. The third-order valence-corrected chi connectivity index (χ3v) is 3.87. The first-order chi connectivity index (χ1) is 10.0. The number of hydrogen-bond donors (Lipinski definition) is 0. The molecule has 0 saturated carbocycles. The zero-order valence-corrected chi connectivity index (χ0v) is 14.0. The minimum absolute atomic E-state index is 0.0140. The van der Waals surface area contributed by atoms with Gasteiger partial charge in [0.15, 0.2) is 0 Å². The molecular formula is C17H18BrNO2. The van der Waals surface area contributed by atoms with E-state index in [1.165, 1.54) is 5.56 Å². The van der Waals surface area contributed by atoms with Crippen LogP contribution in [0.3, 0.4) is 0 Å². The molecule has 2 aromatic carbocycles. The van der Waals surface area contributed by atoms with Gasteiger partial charge in [-0.15, -0.1) is 0 Å². The van der Waals surface area contributed by atoms with E-state index in [2.05, 4.69) is 22.0 Å². The van der Waals surface area contributed by atoms with E-state index in [1.807, 2.05) is 32.2 Å². The second-order valence-corrected chi connectivity index (χ2v) is 5.85. The lowest BCUT2D eigenvalue weighted by molar-refractivity contribution is 0.0785. The molecule has 0 aliphatic heterocycles. The quantitative estimate of drug-likeness (QED) is 0.835. The van der Waals surface area contributed by atoms with Crippen molar-refractivity contribution in [3.8, 4) is 5.75 Å². The van der Waals surface area contributed by atoms with Crippen LogP contribution in [0.25, 0.3) is 0 Å². The lowest BCUT2D eigenvalue weighted by atomic mass is 10.1. The first-order valence-corrected chi connectivity index (χ1v) is 7.45. The molecule has 0 aliphatic carbocycles. The minimum atomic E-state index is -0.0140. The van der Waals surface area contributed by atoms with Crippen molar-refractivity contribution >= 4 is 21.8 Å². The summed E-state index contributed by atoms with van der Waals surface area (Å²) in [6.07, 6.45) is 0. The number of methoxy groups -OCH3 is 1. The Morgan fingerprint density at radius 2 is 2.00 bits per heavy atom. The molecule has 0 aliphatic rings. The van der Waals surface area contributed by atoms with Gasteiger partial charge < -0.3 is 9.64 Å². The highest BCUT2D eigenvalue weighted by atomic mass is 79.9. The second-order valence-electron chi connectivity index (χ2n) is 5.00. The van der Waals surface area contributed by atoms with Crippen LogP contribution in [-0.2, 0) is 6.54 Å². The van der Waals surface area contributed by atoms with Crippen LogP contribution in [-0.4, -0.2) is 25.0 Å². The van der Waals surface area contributed by atoms with Crippen molar-refractivity contribution in [1.82, 2.24) is 4.90 Å². The van der Waals surface area contributed by atoms with Crippen LogP contribution in [0.15, 0.2) is 46.9 Å². The molecule has 0 radical (unpaired) electrons. The molecule has 0 spiro atoms. The van der Waals surface area contributed by atoms with E-state index in [4.69, 9.17) is 4.74 Å². The Hall–Kier alpha value is -1.81. The summed E-state index contributed by atoms with van der Waals surface area (Å²) >= 11 is 3.41. The van der Waals surface area contributed by atoms with Crippen LogP contribution < -0.4 is 4.74 Å². The molecule has 0 saturated heterocycles. The van der Waals surface area contributed by atoms with Gasteiger partial charge >= 0.3 is 0 Å².